The highest BCUT2D eigenvalue weighted by Gasteiger charge is 2.34. The van der Waals surface area contributed by atoms with Crippen LogP contribution in [-0.4, -0.2) is 55.1 Å². The Hall–Kier alpha value is -2.38. The minimum Gasteiger partial charge on any atom is -0.455 e. The quantitative estimate of drug-likeness (QED) is 0.472. The van der Waals surface area contributed by atoms with E-state index in [2.05, 4.69) is 19.5 Å². The number of nitrogens with one attached hydrogen (secondary N) is 1. The molecule has 0 spiro atoms. The fourth-order valence-electron chi connectivity index (χ4n) is 3.24. The summed E-state index contributed by atoms with van der Waals surface area (Å²) in [4.78, 5) is 20.8. The lowest BCUT2D eigenvalue weighted by Gasteiger charge is -2.15. The van der Waals surface area contributed by atoms with Crippen molar-refractivity contribution in [2.24, 2.45) is 11.1 Å². The van der Waals surface area contributed by atoms with Crippen LogP contribution in [0.2, 0.25) is 0 Å². The van der Waals surface area contributed by atoms with Crippen molar-refractivity contribution >= 4 is 21.9 Å². The molecule has 2 aromatic rings. The van der Waals surface area contributed by atoms with Gasteiger partial charge in [0.25, 0.3) is 0 Å². The van der Waals surface area contributed by atoms with Gasteiger partial charge in [0.15, 0.2) is 5.76 Å². The molecule has 2 heterocycles. The summed E-state index contributed by atoms with van der Waals surface area (Å²) in [5.41, 5.74) is 0.213. The van der Waals surface area contributed by atoms with Gasteiger partial charge >= 0.3 is 10.3 Å². The highest BCUT2D eigenvalue weighted by atomic mass is 32.2. The lowest BCUT2D eigenvalue weighted by atomic mass is 10.1. The van der Waals surface area contributed by atoms with Gasteiger partial charge in [-0.3, -0.25) is 8.98 Å². The zero-order valence-corrected chi connectivity index (χ0v) is 16.5. The molecule has 1 aliphatic rings. The van der Waals surface area contributed by atoms with Gasteiger partial charge in [0.2, 0.25) is 5.78 Å². The largest absolute Gasteiger partial charge is 0.455 e. The second-order valence-electron chi connectivity index (χ2n) is 6.73. The van der Waals surface area contributed by atoms with Crippen LogP contribution in [0.15, 0.2) is 29.1 Å². The molecule has 1 fully saturated rings. The molecule has 0 unspecified atom stereocenters. The molecular weight excluding hydrogens is 404 g/mol. The smallest absolute Gasteiger partial charge is 0.333 e. The fraction of sp³-hybridized carbons (Fsp3) is 0.471. The average molecular weight is 426 g/mol. The normalized spacial score (nSPS) is 22.0. The predicted molar refractivity (Wildman–Crippen MR) is 100 cm³/mol. The Balaban J connectivity index is 1.70. The molecule has 1 saturated carbocycles. The van der Waals surface area contributed by atoms with Gasteiger partial charge in [0.05, 0.1) is 18.3 Å². The Labute approximate surface area is 167 Å². The van der Waals surface area contributed by atoms with E-state index in [9.17, 15) is 18.3 Å². The van der Waals surface area contributed by atoms with Crippen molar-refractivity contribution in [3.8, 4) is 0 Å². The van der Waals surface area contributed by atoms with Crippen molar-refractivity contribution in [2.75, 3.05) is 19.0 Å². The lowest BCUT2D eigenvalue weighted by molar-refractivity contribution is 0.0997. The number of furan rings is 1. The number of hydrogen-bond acceptors (Lipinski definition) is 10. The van der Waals surface area contributed by atoms with Gasteiger partial charge in [-0.15, -0.1) is 0 Å². The summed E-state index contributed by atoms with van der Waals surface area (Å²) in [5.74, 6) is 0.108. The Morgan fingerprint density at radius 1 is 1.41 bits per heavy atom. The van der Waals surface area contributed by atoms with Crippen molar-refractivity contribution in [1.29, 1.82) is 0 Å². The molecule has 3 atom stereocenters. The lowest BCUT2D eigenvalue weighted by Crippen LogP contribution is -2.24. The Morgan fingerprint density at radius 3 is 2.93 bits per heavy atom. The molecule has 0 aromatic carbocycles. The predicted octanol–water partition coefficient (Wildman–Crippen LogP) is 0.219. The zero-order valence-electron chi connectivity index (χ0n) is 15.6. The summed E-state index contributed by atoms with van der Waals surface area (Å²) in [6, 6.07) is 2.95. The van der Waals surface area contributed by atoms with Crippen LogP contribution in [0.4, 0.5) is 5.82 Å². The maximum Gasteiger partial charge on any atom is 0.333 e. The summed E-state index contributed by atoms with van der Waals surface area (Å²) in [7, 11) is -2.56. The summed E-state index contributed by atoms with van der Waals surface area (Å²) in [5, 5.41) is 18.1. The number of carbonyl (C=O) groups is 1. The Kier molecular flexibility index (Phi) is 6.59. The molecule has 0 saturated heterocycles. The molecule has 4 N–H and O–H groups in total. The highest BCUT2D eigenvalue weighted by molar-refractivity contribution is 7.84. The number of anilines is 1. The number of methoxy groups -OCH3 is 1. The SMILES string of the molecule is COCc1ccc(C(=O)c2cncnc2N[C@@H]2C[C@H](COS(N)(=O)=O)[C@@H](O)C2)o1. The number of nitrogens with zero attached hydrogens (tertiary/aromatic N) is 2. The first-order chi connectivity index (χ1) is 13.8. The molecule has 0 aliphatic heterocycles. The van der Waals surface area contributed by atoms with E-state index in [4.69, 9.17) is 14.3 Å². The van der Waals surface area contributed by atoms with Gasteiger partial charge in [-0.05, 0) is 25.0 Å². The second-order valence-corrected chi connectivity index (χ2v) is 7.95. The van der Waals surface area contributed by atoms with Crippen LogP contribution in [0.1, 0.15) is 34.7 Å². The molecule has 11 nitrogen and oxygen atoms in total. The van der Waals surface area contributed by atoms with E-state index in [1.807, 2.05) is 0 Å². The zero-order chi connectivity index (χ0) is 21.0. The first kappa shape index (κ1) is 21.3. The first-order valence-electron chi connectivity index (χ1n) is 8.81. The number of carbonyl (C=O) groups excluding carboxylic acids is 1. The van der Waals surface area contributed by atoms with Crippen molar-refractivity contribution in [1.82, 2.24) is 9.97 Å². The summed E-state index contributed by atoms with van der Waals surface area (Å²) >= 11 is 0. The summed E-state index contributed by atoms with van der Waals surface area (Å²) in [6.45, 7) is 0.0219. The van der Waals surface area contributed by atoms with E-state index >= 15 is 0 Å². The number of ether oxygens (including phenoxy) is 1. The van der Waals surface area contributed by atoms with Crippen LogP contribution in [0.3, 0.4) is 0 Å². The third-order valence-corrected chi connectivity index (χ3v) is 5.04. The minimum absolute atomic E-state index is 0.126. The van der Waals surface area contributed by atoms with Crippen molar-refractivity contribution in [3.05, 3.63) is 41.7 Å². The number of ketones is 1. The van der Waals surface area contributed by atoms with Gasteiger partial charge in [0, 0.05) is 25.3 Å². The number of aliphatic hydroxyl groups is 1. The van der Waals surface area contributed by atoms with E-state index in [-0.39, 0.29) is 30.6 Å². The van der Waals surface area contributed by atoms with Crippen molar-refractivity contribution < 1.29 is 31.7 Å². The van der Waals surface area contributed by atoms with Crippen LogP contribution >= 0.6 is 0 Å². The molecule has 12 heteroatoms. The summed E-state index contributed by atoms with van der Waals surface area (Å²) in [6.07, 6.45) is 2.63. The molecule has 1 aliphatic carbocycles. The molecule has 29 heavy (non-hydrogen) atoms. The second kappa shape index (κ2) is 8.97. The van der Waals surface area contributed by atoms with Gasteiger partial charge in [-0.1, -0.05) is 0 Å². The first-order valence-corrected chi connectivity index (χ1v) is 10.3. The Bertz CT molecular complexity index is 962. The molecular formula is C17H22N4O7S. The van der Waals surface area contributed by atoms with Gasteiger partial charge in [-0.2, -0.15) is 8.42 Å². The monoisotopic (exact) mass is 426 g/mol. The van der Waals surface area contributed by atoms with E-state index in [0.717, 1.165) is 0 Å². The van der Waals surface area contributed by atoms with Crippen LogP contribution in [-0.2, 0) is 25.8 Å². The molecule has 0 amide bonds. The van der Waals surface area contributed by atoms with Gasteiger partial charge in [0.1, 0.15) is 24.5 Å². The molecule has 0 radical (unpaired) electrons. The molecule has 0 bridgehead atoms. The van der Waals surface area contributed by atoms with E-state index in [1.54, 1.807) is 12.1 Å². The molecule has 3 rings (SSSR count). The van der Waals surface area contributed by atoms with Crippen LogP contribution in [0, 0.1) is 5.92 Å². The van der Waals surface area contributed by atoms with Crippen molar-refractivity contribution in [2.45, 2.75) is 31.6 Å². The van der Waals surface area contributed by atoms with Crippen LogP contribution < -0.4 is 10.5 Å². The number of hydrogen-bond donors (Lipinski definition) is 3. The van der Waals surface area contributed by atoms with Gasteiger partial charge in [-0.25, -0.2) is 15.1 Å². The molecule has 2 aromatic heterocycles. The Morgan fingerprint density at radius 2 is 2.21 bits per heavy atom. The topological polar surface area (TPSA) is 167 Å². The van der Waals surface area contributed by atoms with Crippen LogP contribution in [0.25, 0.3) is 0 Å². The fourth-order valence-corrected chi connectivity index (χ4v) is 3.60. The number of aliphatic hydroxyl groups excluding tert-OH is 1. The van der Waals surface area contributed by atoms with Crippen molar-refractivity contribution in [3.63, 3.8) is 0 Å². The maximum atomic E-state index is 12.8. The van der Waals surface area contributed by atoms with Gasteiger partial charge < -0.3 is 19.6 Å². The minimum atomic E-state index is -4.08. The number of nitrogens with two attached hydrogens (primary N) is 1. The summed E-state index contributed by atoms with van der Waals surface area (Å²) < 4.78 is 36.9. The number of rotatable bonds is 9. The third kappa shape index (κ3) is 5.58. The van der Waals surface area contributed by atoms with E-state index < -0.39 is 28.1 Å². The third-order valence-electron chi connectivity index (χ3n) is 4.57. The maximum absolute atomic E-state index is 12.8. The number of aromatic nitrogens is 2. The highest BCUT2D eigenvalue weighted by Crippen LogP contribution is 2.30. The van der Waals surface area contributed by atoms with E-state index in [1.165, 1.54) is 19.6 Å². The standard InChI is InChI=1S/C17H22N4O7S/c1-26-8-12-2-3-15(28-12)16(23)13-6-19-9-20-17(13)21-11-4-10(14(22)5-11)7-27-29(18,24)25/h2-3,6,9-11,14,22H,4-5,7-8H2,1H3,(H2,18,24,25)(H,19,20,21)/t10-,11-,14+/m1/s1. The average Bonchev–Trinajstić information content (AvgIpc) is 3.26. The van der Waals surface area contributed by atoms with Crippen LogP contribution in [0.5, 0.6) is 0 Å². The van der Waals surface area contributed by atoms with E-state index in [0.29, 0.717) is 24.4 Å². The molecule has 158 valence electrons.